The Labute approximate surface area is 98.3 Å². The number of halogens is 1. The van der Waals surface area contributed by atoms with E-state index in [1.54, 1.807) is 7.05 Å². The van der Waals surface area contributed by atoms with Gasteiger partial charge in [0.25, 0.3) is 0 Å². The Bertz CT molecular complexity index is 289. The first kappa shape index (κ1) is 12.6. The predicted molar refractivity (Wildman–Crippen MR) is 64.0 cm³/mol. The predicted octanol–water partition coefficient (Wildman–Crippen LogP) is 1.20. The summed E-state index contributed by atoms with van der Waals surface area (Å²) >= 11 is 3.35. The van der Waals surface area contributed by atoms with Crippen molar-refractivity contribution in [2.24, 2.45) is 0 Å². The van der Waals surface area contributed by atoms with E-state index in [4.69, 9.17) is 0 Å². The van der Waals surface area contributed by atoms with Gasteiger partial charge in [-0.1, -0.05) is 40.2 Å². The molecule has 0 amide bonds. The minimum atomic E-state index is -0.832. The molecule has 0 spiro atoms. The highest BCUT2D eigenvalue weighted by Gasteiger charge is 2.16. The number of rotatable bonds is 5. The number of hydrogen-bond donors (Lipinski definition) is 3. The van der Waals surface area contributed by atoms with Crippen molar-refractivity contribution in [3.05, 3.63) is 35.4 Å². The fraction of sp³-hybridized carbons (Fsp3) is 0.455. The number of hydrogen-bond acceptors (Lipinski definition) is 3. The number of benzene rings is 1. The standard InChI is InChI=1S/C11H16BrNO2/c1-13-7-10(14)11(15)9-4-2-8(6-12)3-5-9/h2-5,10-11,13-15H,6-7H2,1H3. The van der Waals surface area contributed by atoms with Crippen molar-refractivity contribution in [1.82, 2.24) is 5.32 Å². The SMILES string of the molecule is CNCC(O)C(O)c1ccc(CBr)cc1. The number of nitrogens with one attached hydrogen (secondary N) is 1. The van der Waals surface area contributed by atoms with Gasteiger partial charge in [0, 0.05) is 11.9 Å². The summed E-state index contributed by atoms with van der Waals surface area (Å²) in [6.07, 6.45) is -1.60. The minimum absolute atomic E-state index is 0.376. The normalized spacial score (nSPS) is 14.9. The van der Waals surface area contributed by atoms with Crippen molar-refractivity contribution in [3.8, 4) is 0 Å². The molecule has 1 rings (SSSR count). The van der Waals surface area contributed by atoms with Crippen LogP contribution in [0, 0.1) is 0 Å². The maximum Gasteiger partial charge on any atom is 0.106 e. The van der Waals surface area contributed by atoms with Gasteiger partial charge in [-0.2, -0.15) is 0 Å². The molecule has 4 heteroatoms. The largest absolute Gasteiger partial charge is 0.389 e. The second-order valence-corrected chi connectivity index (χ2v) is 4.01. The molecule has 0 aliphatic carbocycles. The summed E-state index contributed by atoms with van der Waals surface area (Å²) < 4.78 is 0. The molecule has 0 radical (unpaired) electrons. The van der Waals surface area contributed by atoms with Crippen molar-refractivity contribution < 1.29 is 10.2 Å². The van der Waals surface area contributed by atoms with E-state index in [2.05, 4.69) is 21.2 Å². The van der Waals surface area contributed by atoms with Gasteiger partial charge in [-0.15, -0.1) is 0 Å². The van der Waals surface area contributed by atoms with Gasteiger partial charge < -0.3 is 15.5 Å². The zero-order valence-corrected chi connectivity index (χ0v) is 10.2. The van der Waals surface area contributed by atoms with E-state index in [1.165, 1.54) is 0 Å². The Kier molecular flexibility index (Phi) is 5.25. The third-order valence-electron chi connectivity index (χ3n) is 2.25. The van der Waals surface area contributed by atoms with Gasteiger partial charge in [-0.25, -0.2) is 0 Å². The first-order valence-corrected chi connectivity index (χ1v) is 5.96. The molecule has 0 bridgehead atoms. The molecule has 0 aliphatic heterocycles. The molecule has 0 aromatic heterocycles. The van der Waals surface area contributed by atoms with Crippen LogP contribution >= 0.6 is 15.9 Å². The molecular formula is C11H16BrNO2. The van der Waals surface area contributed by atoms with Crippen LogP contribution in [0.5, 0.6) is 0 Å². The maximum atomic E-state index is 9.78. The zero-order valence-electron chi connectivity index (χ0n) is 8.65. The van der Waals surface area contributed by atoms with Crippen LogP contribution < -0.4 is 5.32 Å². The summed E-state index contributed by atoms with van der Waals surface area (Å²) in [7, 11) is 1.74. The lowest BCUT2D eigenvalue weighted by molar-refractivity contribution is 0.0202. The summed E-state index contributed by atoms with van der Waals surface area (Å²) in [5, 5.41) is 23.0. The number of aliphatic hydroxyl groups is 2. The quantitative estimate of drug-likeness (QED) is 0.707. The molecule has 84 valence electrons. The van der Waals surface area contributed by atoms with Crippen LogP contribution in [-0.2, 0) is 5.33 Å². The Balaban J connectivity index is 2.69. The Hall–Kier alpha value is -0.420. The highest BCUT2D eigenvalue weighted by atomic mass is 79.9. The van der Waals surface area contributed by atoms with Crippen LogP contribution in [0.25, 0.3) is 0 Å². The van der Waals surface area contributed by atoms with Crippen molar-refractivity contribution in [2.45, 2.75) is 17.5 Å². The van der Waals surface area contributed by atoms with E-state index in [-0.39, 0.29) is 0 Å². The van der Waals surface area contributed by atoms with Gasteiger partial charge in [0.2, 0.25) is 0 Å². The molecule has 1 aromatic carbocycles. The number of likely N-dealkylation sites (N-methyl/N-ethyl adjacent to an activating group) is 1. The van der Waals surface area contributed by atoms with Crippen LogP contribution in [0.3, 0.4) is 0 Å². The van der Waals surface area contributed by atoms with Gasteiger partial charge in [0.15, 0.2) is 0 Å². The van der Waals surface area contributed by atoms with Crippen LogP contribution in [0.1, 0.15) is 17.2 Å². The average Bonchev–Trinajstić information content (AvgIpc) is 2.28. The third kappa shape index (κ3) is 3.57. The molecule has 0 saturated heterocycles. The summed E-state index contributed by atoms with van der Waals surface area (Å²) in [5.41, 5.74) is 1.89. The Morgan fingerprint density at radius 3 is 2.33 bits per heavy atom. The van der Waals surface area contributed by atoms with E-state index >= 15 is 0 Å². The van der Waals surface area contributed by atoms with Crippen LogP contribution in [-0.4, -0.2) is 29.9 Å². The van der Waals surface area contributed by atoms with Gasteiger partial charge in [0.1, 0.15) is 6.10 Å². The average molecular weight is 274 g/mol. The van der Waals surface area contributed by atoms with Crippen LogP contribution in [0.15, 0.2) is 24.3 Å². The van der Waals surface area contributed by atoms with Crippen molar-refractivity contribution >= 4 is 15.9 Å². The lowest BCUT2D eigenvalue weighted by Gasteiger charge is -2.17. The van der Waals surface area contributed by atoms with Crippen LogP contribution in [0.4, 0.5) is 0 Å². The van der Waals surface area contributed by atoms with E-state index in [9.17, 15) is 10.2 Å². The maximum absolute atomic E-state index is 9.78. The highest BCUT2D eigenvalue weighted by Crippen LogP contribution is 2.18. The van der Waals surface area contributed by atoms with Gasteiger partial charge >= 0.3 is 0 Å². The van der Waals surface area contributed by atoms with E-state index < -0.39 is 12.2 Å². The summed E-state index contributed by atoms with van der Waals surface area (Å²) in [4.78, 5) is 0. The first-order valence-electron chi connectivity index (χ1n) is 4.84. The lowest BCUT2D eigenvalue weighted by Crippen LogP contribution is -2.29. The molecule has 2 unspecified atom stereocenters. The molecule has 3 N–H and O–H groups in total. The molecule has 0 saturated carbocycles. The minimum Gasteiger partial charge on any atom is -0.389 e. The number of alkyl halides is 1. The van der Waals surface area contributed by atoms with Crippen molar-refractivity contribution in [1.29, 1.82) is 0 Å². The molecule has 3 nitrogen and oxygen atoms in total. The molecule has 0 heterocycles. The molecule has 2 atom stereocenters. The fourth-order valence-electron chi connectivity index (χ4n) is 1.35. The van der Waals surface area contributed by atoms with Gasteiger partial charge in [-0.05, 0) is 18.2 Å². The molecular weight excluding hydrogens is 258 g/mol. The topological polar surface area (TPSA) is 52.5 Å². The summed E-state index contributed by atoms with van der Waals surface area (Å²) in [5.74, 6) is 0. The Morgan fingerprint density at radius 1 is 1.27 bits per heavy atom. The van der Waals surface area contributed by atoms with Gasteiger partial charge in [-0.3, -0.25) is 0 Å². The Morgan fingerprint density at radius 2 is 1.87 bits per heavy atom. The second-order valence-electron chi connectivity index (χ2n) is 3.45. The molecule has 0 aliphatic rings. The van der Waals surface area contributed by atoms with Crippen molar-refractivity contribution in [3.63, 3.8) is 0 Å². The monoisotopic (exact) mass is 273 g/mol. The third-order valence-corrected chi connectivity index (χ3v) is 2.90. The first-order chi connectivity index (χ1) is 7.19. The fourth-order valence-corrected chi connectivity index (χ4v) is 1.72. The molecule has 0 fully saturated rings. The van der Waals surface area contributed by atoms with Crippen molar-refractivity contribution in [2.75, 3.05) is 13.6 Å². The molecule has 1 aromatic rings. The zero-order chi connectivity index (χ0) is 11.3. The van der Waals surface area contributed by atoms with E-state index in [1.807, 2.05) is 24.3 Å². The van der Waals surface area contributed by atoms with E-state index in [0.717, 1.165) is 16.5 Å². The van der Waals surface area contributed by atoms with E-state index in [0.29, 0.717) is 6.54 Å². The van der Waals surface area contributed by atoms with Crippen LogP contribution in [0.2, 0.25) is 0 Å². The smallest absolute Gasteiger partial charge is 0.106 e. The number of aliphatic hydroxyl groups excluding tert-OH is 2. The second kappa shape index (κ2) is 6.23. The molecule has 15 heavy (non-hydrogen) atoms. The highest BCUT2D eigenvalue weighted by molar-refractivity contribution is 9.08. The van der Waals surface area contributed by atoms with Gasteiger partial charge in [0.05, 0.1) is 6.10 Å². The summed E-state index contributed by atoms with van der Waals surface area (Å²) in [6.45, 7) is 0.376. The summed E-state index contributed by atoms with van der Waals surface area (Å²) in [6, 6.07) is 7.53. The lowest BCUT2D eigenvalue weighted by atomic mass is 10.0.